The Morgan fingerprint density at radius 3 is 2.54 bits per heavy atom. The van der Waals surface area contributed by atoms with Crippen LogP contribution in [0.2, 0.25) is 5.02 Å². The van der Waals surface area contributed by atoms with Gasteiger partial charge in [-0.25, -0.2) is 4.39 Å². The molecule has 136 valence electrons. The van der Waals surface area contributed by atoms with Crippen molar-refractivity contribution in [3.63, 3.8) is 0 Å². The molecule has 0 saturated carbocycles. The van der Waals surface area contributed by atoms with Crippen molar-refractivity contribution in [2.24, 2.45) is 0 Å². The number of hydrogen-bond acceptors (Lipinski definition) is 3. The van der Waals surface area contributed by atoms with Crippen molar-refractivity contribution < 1.29 is 19.1 Å². The Morgan fingerprint density at radius 2 is 2.04 bits per heavy atom. The second-order valence-electron chi connectivity index (χ2n) is 5.46. The molecule has 1 aromatic carbocycles. The van der Waals surface area contributed by atoms with E-state index >= 15 is 0 Å². The Labute approximate surface area is 152 Å². The van der Waals surface area contributed by atoms with Gasteiger partial charge in [-0.2, -0.15) is 0 Å². The Morgan fingerprint density at radius 1 is 1.42 bits per heavy atom. The predicted molar refractivity (Wildman–Crippen MR) is 94.1 cm³/mol. The number of carboxylic acids is 1. The topological polar surface area (TPSA) is 69.6 Å². The van der Waals surface area contributed by atoms with E-state index < -0.39 is 23.9 Å². The van der Waals surface area contributed by atoms with Crippen molar-refractivity contribution in [1.29, 1.82) is 0 Å². The van der Waals surface area contributed by atoms with Crippen LogP contribution in [0, 0.1) is 5.82 Å². The Kier molecular flexibility index (Phi) is 9.89. The van der Waals surface area contributed by atoms with Crippen molar-refractivity contribution in [3.05, 3.63) is 34.6 Å². The van der Waals surface area contributed by atoms with Gasteiger partial charge in [-0.3, -0.25) is 14.9 Å². The van der Waals surface area contributed by atoms with E-state index in [1.807, 2.05) is 6.92 Å². The maximum Gasteiger partial charge on any atom is 0.320 e. The second-order valence-corrected chi connectivity index (χ2v) is 5.87. The van der Waals surface area contributed by atoms with Gasteiger partial charge in [-0.15, -0.1) is 12.4 Å². The van der Waals surface area contributed by atoms with Crippen molar-refractivity contribution in [2.75, 3.05) is 7.05 Å². The van der Waals surface area contributed by atoms with E-state index in [1.54, 1.807) is 13.0 Å². The number of amides is 1. The molecule has 0 saturated heterocycles. The van der Waals surface area contributed by atoms with E-state index in [0.717, 1.165) is 0 Å². The van der Waals surface area contributed by atoms with Crippen LogP contribution in [-0.2, 0) is 16.1 Å². The molecule has 0 aliphatic heterocycles. The zero-order chi connectivity index (χ0) is 17.6. The van der Waals surface area contributed by atoms with Gasteiger partial charge in [0, 0.05) is 24.2 Å². The predicted octanol–water partition coefficient (Wildman–Crippen LogP) is 3.09. The van der Waals surface area contributed by atoms with Gasteiger partial charge in [-0.05, 0) is 25.5 Å². The van der Waals surface area contributed by atoms with Crippen molar-refractivity contribution in [1.82, 2.24) is 10.2 Å². The highest BCUT2D eigenvalue weighted by molar-refractivity contribution is 6.31. The maximum atomic E-state index is 13.8. The normalized spacial score (nSPS) is 12.9. The first-order chi connectivity index (χ1) is 10.8. The molecule has 1 amide bonds. The van der Waals surface area contributed by atoms with E-state index in [1.165, 1.54) is 24.1 Å². The molecule has 0 radical (unpaired) electrons. The molecule has 0 aliphatic carbocycles. The summed E-state index contributed by atoms with van der Waals surface area (Å²) in [5.41, 5.74) is 0.237. The van der Waals surface area contributed by atoms with E-state index in [0.29, 0.717) is 12.8 Å². The zero-order valence-electron chi connectivity index (χ0n) is 13.9. The average molecular weight is 381 g/mol. The molecule has 5 nitrogen and oxygen atoms in total. The molecule has 2 unspecified atom stereocenters. The van der Waals surface area contributed by atoms with Crippen LogP contribution in [0.15, 0.2) is 18.2 Å². The third kappa shape index (κ3) is 6.26. The van der Waals surface area contributed by atoms with Crippen LogP contribution in [0.5, 0.6) is 0 Å². The van der Waals surface area contributed by atoms with Crippen LogP contribution in [0.1, 0.15) is 32.3 Å². The number of benzene rings is 1. The summed E-state index contributed by atoms with van der Waals surface area (Å²) in [5, 5.41) is 12.2. The number of hydrogen-bond donors (Lipinski definition) is 2. The van der Waals surface area contributed by atoms with Gasteiger partial charge in [0.05, 0.1) is 6.04 Å². The van der Waals surface area contributed by atoms with Crippen LogP contribution in [0.4, 0.5) is 4.39 Å². The molecule has 8 heteroatoms. The molecule has 2 N–H and O–H groups in total. The van der Waals surface area contributed by atoms with Gasteiger partial charge in [0.15, 0.2) is 0 Å². The molecular formula is C16H23Cl2FN2O3. The SMILES string of the molecule is CCCC(NC(C)C(=O)N(C)Cc1c(F)cccc1Cl)C(=O)O.Cl. The van der Waals surface area contributed by atoms with Gasteiger partial charge in [0.1, 0.15) is 11.9 Å². The molecule has 0 heterocycles. The summed E-state index contributed by atoms with van der Waals surface area (Å²) >= 11 is 5.95. The smallest absolute Gasteiger partial charge is 0.320 e. The molecule has 0 bridgehead atoms. The van der Waals surface area contributed by atoms with E-state index in [-0.39, 0.29) is 35.4 Å². The van der Waals surface area contributed by atoms with Crippen LogP contribution in [0.3, 0.4) is 0 Å². The molecule has 24 heavy (non-hydrogen) atoms. The van der Waals surface area contributed by atoms with Gasteiger partial charge in [0.25, 0.3) is 0 Å². The van der Waals surface area contributed by atoms with Crippen LogP contribution < -0.4 is 5.32 Å². The molecule has 0 aliphatic rings. The van der Waals surface area contributed by atoms with Gasteiger partial charge in [-0.1, -0.05) is 31.0 Å². The number of carboxylic acid groups (broad SMARTS) is 1. The van der Waals surface area contributed by atoms with Gasteiger partial charge >= 0.3 is 5.97 Å². The molecular weight excluding hydrogens is 358 g/mol. The minimum absolute atomic E-state index is 0. The molecule has 1 aromatic rings. The quantitative estimate of drug-likeness (QED) is 0.726. The minimum atomic E-state index is -0.994. The summed E-state index contributed by atoms with van der Waals surface area (Å²) in [5.74, 6) is -1.80. The summed E-state index contributed by atoms with van der Waals surface area (Å²) < 4.78 is 13.8. The molecule has 0 spiro atoms. The summed E-state index contributed by atoms with van der Waals surface area (Å²) in [6, 6.07) is 2.85. The number of rotatable bonds is 8. The number of nitrogens with one attached hydrogen (secondary N) is 1. The average Bonchev–Trinajstić information content (AvgIpc) is 2.49. The standard InChI is InChI=1S/C16H22ClFN2O3.ClH/c1-4-6-14(16(22)23)19-10(2)15(21)20(3)9-11-12(17)7-5-8-13(11)18;/h5,7-8,10,14,19H,4,6,9H2,1-3H3,(H,22,23);1H. The lowest BCUT2D eigenvalue weighted by atomic mass is 10.1. The fourth-order valence-corrected chi connectivity index (χ4v) is 2.49. The zero-order valence-corrected chi connectivity index (χ0v) is 15.5. The first-order valence-corrected chi connectivity index (χ1v) is 7.82. The van der Waals surface area contributed by atoms with Crippen LogP contribution in [0.25, 0.3) is 0 Å². The van der Waals surface area contributed by atoms with Gasteiger partial charge < -0.3 is 10.0 Å². The highest BCUT2D eigenvalue weighted by Gasteiger charge is 2.25. The third-order valence-corrected chi connectivity index (χ3v) is 3.88. The van der Waals surface area contributed by atoms with Crippen molar-refractivity contribution in [3.8, 4) is 0 Å². The van der Waals surface area contributed by atoms with E-state index in [4.69, 9.17) is 16.7 Å². The monoisotopic (exact) mass is 380 g/mol. The molecule has 1 rings (SSSR count). The Bertz CT molecular complexity index is 552. The number of nitrogens with zero attached hydrogens (tertiary/aromatic N) is 1. The summed E-state index contributed by atoms with van der Waals surface area (Å²) in [6.45, 7) is 3.48. The third-order valence-electron chi connectivity index (χ3n) is 3.53. The summed E-state index contributed by atoms with van der Waals surface area (Å²) in [4.78, 5) is 24.8. The maximum absolute atomic E-state index is 13.8. The highest BCUT2D eigenvalue weighted by Crippen LogP contribution is 2.20. The van der Waals surface area contributed by atoms with E-state index in [9.17, 15) is 14.0 Å². The number of carbonyl (C=O) groups is 2. The lowest BCUT2D eigenvalue weighted by molar-refractivity contribution is -0.140. The molecule has 2 atom stereocenters. The lowest BCUT2D eigenvalue weighted by Crippen LogP contribution is -2.49. The fraction of sp³-hybridized carbons (Fsp3) is 0.500. The van der Waals surface area contributed by atoms with Crippen LogP contribution in [-0.4, -0.2) is 41.0 Å². The largest absolute Gasteiger partial charge is 0.480 e. The number of halogens is 3. The van der Waals surface area contributed by atoms with E-state index in [2.05, 4.69) is 5.32 Å². The van der Waals surface area contributed by atoms with Crippen LogP contribution >= 0.6 is 24.0 Å². The second kappa shape index (κ2) is 10.5. The number of carbonyl (C=O) groups excluding carboxylic acids is 1. The summed E-state index contributed by atoms with van der Waals surface area (Å²) in [6.07, 6.45) is 1.11. The Balaban J connectivity index is 0.00000529. The first-order valence-electron chi connectivity index (χ1n) is 7.44. The first kappa shape index (κ1) is 22.6. The minimum Gasteiger partial charge on any atom is -0.480 e. The number of aliphatic carboxylic acids is 1. The molecule has 0 aromatic heterocycles. The summed E-state index contributed by atoms with van der Waals surface area (Å²) in [7, 11) is 1.53. The Hall–Kier alpha value is -1.37. The fourth-order valence-electron chi connectivity index (χ4n) is 2.27. The van der Waals surface area contributed by atoms with Crippen molar-refractivity contribution in [2.45, 2.75) is 45.3 Å². The van der Waals surface area contributed by atoms with Gasteiger partial charge in [0.2, 0.25) is 5.91 Å². The van der Waals surface area contributed by atoms with Crippen molar-refractivity contribution >= 4 is 35.9 Å². The highest BCUT2D eigenvalue weighted by atomic mass is 35.5. The lowest BCUT2D eigenvalue weighted by Gasteiger charge is -2.25. The molecule has 0 fully saturated rings. The number of likely N-dealkylation sites (N-methyl/N-ethyl adjacent to an activating group) is 1.